The quantitative estimate of drug-likeness (QED) is 0.359. The molecule has 1 fully saturated rings. The van der Waals surface area contributed by atoms with E-state index in [1.165, 1.54) is 0 Å². The first-order valence-electron chi connectivity index (χ1n) is 8.17. The van der Waals surface area contributed by atoms with Crippen LogP contribution in [0.1, 0.15) is 31.4 Å². The lowest BCUT2D eigenvalue weighted by molar-refractivity contribution is -0.130. The van der Waals surface area contributed by atoms with Gasteiger partial charge in [-0.1, -0.05) is 6.07 Å². The topological polar surface area (TPSA) is 103 Å². The van der Waals surface area contributed by atoms with E-state index in [1.54, 1.807) is 13.8 Å². The first-order valence-corrected chi connectivity index (χ1v) is 8.57. The molecule has 0 radical (unpaired) electrons. The van der Waals surface area contributed by atoms with Crippen molar-refractivity contribution in [1.29, 1.82) is 0 Å². The van der Waals surface area contributed by atoms with E-state index in [9.17, 15) is 14.4 Å². The zero-order valence-corrected chi connectivity index (χ0v) is 16.0. The summed E-state index contributed by atoms with van der Waals surface area (Å²) in [5, 5.41) is 5.78. The van der Waals surface area contributed by atoms with Crippen molar-refractivity contribution in [2.45, 2.75) is 39.7 Å². The first-order chi connectivity index (χ1) is 12.1. The highest BCUT2D eigenvalue weighted by Crippen LogP contribution is 2.16. The normalized spacial score (nSPS) is 15.5. The van der Waals surface area contributed by atoms with Crippen LogP contribution in [-0.4, -0.2) is 39.9 Å². The van der Waals surface area contributed by atoms with Crippen molar-refractivity contribution >= 4 is 40.9 Å². The van der Waals surface area contributed by atoms with Gasteiger partial charge in [0.15, 0.2) is 5.11 Å². The third-order valence-electron chi connectivity index (χ3n) is 3.80. The molecule has 0 spiro atoms. The van der Waals surface area contributed by atoms with Crippen molar-refractivity contribution in [2.24, 2.45) is 0 Å². The Morgan fingerprint density at radius 3 is 2.31 bits per heavy atom. The summed E-state index contributed by atoms with van der Waals surface area (Å²) in [5.41, 5.74) is 7.11. The Morgan fingerprint density at radius 1 is 1.15 bits per heavy atom. The van der Waals surface area contributed by atoms with Crippen LogP contribution in [0.4, 0.5) is 10.5 Å². The largest absolute Gasteiger partial charge is 0.331 e. The molecule has 4 N–H and O–H groups in total. The molecule has 1 aliphatic rings. The highest BCUT2D eigenvalue weighted by Gasteiger charge is 2.43. The molecule has 26 heavy (non-hydrogen) atoms. The maximum absolute atomic E-state index is 12.0. The van der Waals surface area contributed by atoms with Gasteiger partial charge in [-0.2, -0.15) is 0 Å². The summed E-state index contributed by atoms with van der Waals surface area (Å²) < 4.78 is 0. The Labute approximate surface area is 157 Å². The molecular weight excluding hydrogens is 354 g/mol. The summed E-state index contributed by atoms with van der Waals surface area (Å²) in [6.45, 7) is 7.19. The average Bonchev–Trinajstić information content (AvgIpc) is 2.70. The number of carbonyl (C=O) groups is 3. The van der Waals surface area contributed by atoms with Gasteiger partial charge in [0.25, 0.3) is 5.91 Å². The van der Waals surface area contributed by atoms with Gasteiger partial charge in [0.05, 0.1) is 0 Å². The molecule has 1 aliphatic heterocycles. The van der Waals surface area contributed by atoms with Gasteiger partial charge in [0.2, 0.25) is 5.91 Å². The summed E-state index contributed by atoms with van der Waals surface area (Å²) in [6.07, 6.45) is -0.0333. The summed E-state index contributed by atoms with van der Waals surface area (Å²) in [7, 11) is 0. The Morgan fingerprint density at radius 2 is 1.77 bits per heavy atom. The molecule has 0 aromatic heterocycles. The van der Waals surface area contributed by atoms with Crippen LogP contribution >= 0.6 is 12.2 Å². The molecule has 0 aliphatic carbocycles. The molecule has 1 saturated heterocycles. The van der Waals surface area contributed by atoms with Crippen LogP contribution < -0.4 is 21.5 Å². The summed E-state index contributed by atoms with van der Waals surface area (Å²) >= 11 is 5.13. The fraction of sp³-hybridized carbons (Fsp3) is 0.412. The lowest BCUT2D eigenvalue weighted by Gasteiger charge is -2.16. The zero-order chi connectivity index (χ0) is 19.5. The second-order valence-corrected chi connectivity index (χ2v) is 7.17. The molecule has 2 rings (SSSR count). The molecule has 1 aromatic carbocycles. The Bertz CT molecular complexity index is 743. The number of hydrogen-bond donors (Lipinski definition) is 4. The smallest absolute Gasteiger partial charge is 0.325 e. The fourth-order valence-corrected chi connectivity index (χ4v) is 2.80. The van der Waals surface area contributed by atoms with E-state index >= 15 is 0 Å². The number of thiocarbonyl (C=S) groups is 1. The average molecular weight is 377 g/mol. The Balaban J connectivity index is 1.77. The molecule has 0 atom stereocenters. The Kier molecular flexibility index (Phi) is 5.81. The summed E-state index contributed by atoms with van der Waals surface area (Å²) in [4.78, 5) is 36.7. The predicted molar refractivity (Wildman–Crippen MR) is 102 cm³/mol. The number of carbonyl (C=O) groups excluding carboxylic acids is 3. The third kappa shape index (κ3) is 4.92. The van der Waals surface area contributed by atoms with Crippen molar-refractivity contribution in [3.8, 4) is 0 Å². The van der Waals surface area contributed by atoms with Gasteiger partial charge in [-0.15, -0.1) is 0 Å². The lowest BCUT2D eigenvalue weighted by atomic mass is 10.1. The number of urea groups is 1. The van der Waals surface area contributed by atoms with Crippen LogP contribution in [0.3, 0.4) is 0 Å². The van der Waals surface area contributed by atoms with Gasteiger partial charge in [-0.3, -0.25) is 25.3 Å². The molecule has 8 nitrogen and oxygen atoms in total. The van der Waals surface area contributed by atoms with Gasteiger partial charge in [-0.05, 0) is 63.2 Å². The number of anilines is 1. The minimum Gasteiger partial charge on any atom is -0.331 e. The van der Waals surface area contributed by atoms with Crippen molar-refractivity contribution in [3.05, 3.63) is 29.3 Å². The highest BCUT2D eigenvalue weighted by molar-refractivity contribution is 7.80. The standard InChI is InChI=1S/C17H23N5O3S/c1-10-7-11(2)9-12(8-10)18-15(26)21-20-13(23)5-6-22-14(24)17(3,4)19-16(22)25/h7-9H,5-6H2,1-4H3,(H,19,25)(H,20,23)(H2,18,21,26). The molecule has 0 unspecified atom stereocenters. The van der Waals surface area contributed by atoms with Crippen molar-refractivity contribution in [1.82, 2.24) is 21.1 Å². The van der Waals surface area contributed by atoms with Crippen LogP contribution in [0.2, 0.25) is 0 Å². The fourth-order valence-electron chi connectivity index (χ4n) is 2.63. The van der Waals surface area contributed by atoms with Crippen molar-refractivity contribution in [3.63, 3.8) is 0 Å². The second-order valence-electron chi connectivity index (χ2n) is 6.77. The number of benzene rings is 1. The number of imide groups is 1. The minimum atomic E-state index is -0.941. The number of hydrogen-bond acceptors (Lipinski definition) is 4. The number of aryl methyl sites for hydroxylation is 2. The van der Waals surface area contributed by atoms with E-state index in [2.05, 4.69) is 21.5 Å². The van der Waals surface area contributed by atoms with Gasteiger partial charge < -0.3 is 10.6 Å². The van der Waals surface area contributed by atoms with Crippen LogP contribution in [0.25, 0.3) is 0 Å². The lowest BCUT2D eigenvalue weighted by Crippen LogP contribution is -2.45. The summed E-state index contributed by atoms with van der Waals surface area (Å²) in [5.74, 6) is -0.741. The van der Waals surface area contributed by atoms with E-state index in [-0.39, 0.29) is 29.9 Å². The van der Waals surface area contributed by atoms with Crippen LogP contribution in [0.15, 0.2) is 18.2 Å². The summed E-state index contributed by atoms with van der Waals surface area (Å²) in [6, 6.07) is 5.41. The van der Waals surface area contributed by atoms with E-state index in [0.717, 1.165) is 21.7 Å². The van der Waals surface area contributed by atoms with E-state index in [0.29, 0.717) is 0 Å². The first kappa shape index (κ1) is 19.6. The molecule has 0 saturated carbocycles. The molecule has 140 valence electrons. The van der Waals surface area contributed by atoms with Crippen LogP contribution in [0.5, 0.6) is 0 Å². The van der Waals surface area contributed by atoms with E-state index in [1.807, 2.05) is 32.0 Å². The molecule has 9 heteroatoms. The third-order valence-corrected chi connectivity index (χ3v) is 4.01. The van der Waals surface area contributed by atoms with Gasteiger partial charge in [0, 0.05) is 18.7 Å². The maximum Gasteiger partial charge on any atom is 0.325 e. The monoisotopic (exact) mass is 377 g/mol. The van der Waals surface area contributed by atoms with Gasteiger partial charge >= 0.3 is 6.03 Å². The molecule has 0 bridgehead atoms. The number of nitrogens with zero attached hydrogens (tertiary/aromatic N) is 1. The molecule has 1 aromatic rings. The molecular formula is C17H23N5O3S. The van der Waals surface area contributed by atoms with Crippen molar-refractivity contribution < 1.29 is 14.4 Å². The molecule has 4 amide bonds. The van der Waals surface area contributed by atoms with E-state index in [4.69, 9.17) is 12.2 Å². The number of rotatable bonds is 4. The SMILES string of the molecule is Cc1cc(C)cc(NC(=S)NNC(=O)CCN2C(=O)NC(C)(C)C2=O)c1. The van der Waals surface area contributed by atoms with Gasteiger partial charge in [0.1, 0.15) is 5.54 Å². The minimum absolute atomic E-state index is 0.00112. The van der Waals surface area contributed by atoms with Crippen LogP contribution in [-0.2, 0) is 9.59 Å². The predicted octanol–water partition coefficient (Wildman–Crippen LogP) is 1.34. The highest BCUT2D eigenvalue weighted by atomic mass is 32.1. The van der Waals surface area contributed by atoms with Crippen molar-refractivity contribution in [2.75, 3.05) is 11.9 Å². The number of amides is 4. The number of nitrogens with one attached hydrogen (secondary N) is 4. The van der Waals surface area contributed by atoms with Crippen LogP contribution in [0, 0.1) is 13.8 Å². The zero-order valence-electron chi connectivity index (χ0n) is 15.2. The maximum atomic E-state index is 12.0. The Hall–Kier alpha value is -2.68. The van der Waals surface area contributed by atoms with E-state index < -0.39 is 11.6 Å². The number of hydrazine groups is 1. The second kappa shape index (κ2) is 7.69. The molecule has 1 heterocycles. The van der Waals surface area contributed by atoms with Gasteiger partial charge in [-0.25, -0.2) is 4.79 Å².